The van der Waals surface area contributed by atoms with Crippen molar-refractivity contribution in [2.45, 2.75) is 19.1 Å². The van der Waals surface area contributed by atoms with Crippen molar-refractivity contribution in [1.82, 2.24) is 9.78 Å². The predicted molar refractivity (Wildman–Crippen MR) is 123 cm³/mol. The van der Waals surface area contributed by atoms with E-state index in [-0.39, 0.29) is 29.3 Å². The third kappa shape index (κ3) is 4.80. The van der Waals surface area contributed by atoms with Crippen LogP contribution in [0.3, 0.4) is 0 Å². The Morgan fingerprint density at radius 1 is 1.24 bits per heavy atom. The van der Waals surface area contributed by atoms with Crippen LogP contribution in [0.15, 0.2) is 42.5 Å². The van der Waals surface area contributed by atoms with E-state index in [1.165, 1.54) is 23.9 Å². The minimum absolute atomic E-state index is 0.154. The Labute approximate surface area is 194 Å². The number of rotatable bonds is 7. The van der Waals surface area contributed by atoms with Crippen molar-refractivity contribution >= 4 is 29.4 Å². The van der Waals surface area contributed by atoms with Crippen LogP contribution in [0.4, 0.5) is 10.2 Å². The summed E-state index contributed by atoms with van der Waals surface area (Å²) in [5.74, 6) is 0.583. The zero-order chi connectivity index (χ0) is 23.5. The molecule has 172 valence electrons. The highest BCUT2D eigenvalue weighted by atomic mass is 32.2. The minimum Gasteiger partial charge on any atom is -0.490 e. The number of hydrogen-bond acceptors (Lipinski definition) is 6. The molecule has 0 bridgehead atoms. The molecule has 0 spiro atoms. The number of aryl methyl sites for hydroxylation is 1. The Hall–Kier alpha value is -3.53. The number of ether oxygens (including phenoxy) is 2. The molecule has 0 fully saturated rings. The molecule has 0 unspecified atom stereocenters. The summed E-state index contributed by atoms with van der Waals surface area (Å²) in [6, 6.07) is 11.4. The zero-order valence-corrected chi connectivity index (χ0v) is 18.9. The van der Waals surface area contributed by atoms with E-state index in [1.807, 2.05) is 26.0 Å². The maximum absolute atomic E-state index is 13.4. The molecule has 3 N–H and O–H groups in total. The van der Waals surface area contributed by atoms with Crippen molar-refractivity contribution in [2.75, 3.05) is 24.3 Å². The molecule has 2 heterocycles. The van der Waals surface area contributed by atoms with E-state index in [0.717, 1.165) is 16.8 Å². The third-order valence-corrected chi connectivity index (χ3v) is 6.29. The number of nitrogens with zero attached hydrogens (tertiary/aromatic N) is 2. The van der Waals surface area contributed by atoms with E-state index in [1.54, 1.807) is 22.9 Å². The number of nitrogens with two attached hydrogens (primary N) is 1. The number of thioether (sulfide) groups is 1. The van der Waals surface area contributed by atoms with Crippen LogP contribution in [-0.4, -0.2) is 40.6 Å². The van der Waals surface area contributed by atoms with Crippen LogP contribution in [0.5, 0.6) is 11.5 Å². The standard InChI is InChI=1S/C23H23FN4O4S/c1-3-31-18-10-14(4-9-17(18)32-11-19(25)29)22-21-13(2)27-28(16-7-5-15(24)6-8-16)23(21)26-20(30)12-33-22/h4-10,22H,3,11-12H2,1-2H3,(H2,25,29)(H,26,30)/t22-/m1/s1. The first-order valence-electron chi connectivity index (χ1n) is 10.3. The van der Waals surface area contributed by atoms with Gasteiger partial charge in [-0.1, -0.05) is 6.07 Å². The van der Waals surface area contributed by atoms with Crippen molar-refractivity contribution in [2.24, 2.45) is 5.73 Å². The van der Waals surface area contributed by atoms with Crippen LogP contribution < -0.4 is 20.5 Å². The molecule has 33 heavy (non-hydrogen) atoms. The smallest absolute Gasteiger partial charge is 0.255 e. The first-order valence-corrected chi connectivity index (χ1v) is 11.4. The van der Waals surface area contributed by atoms with Crippen LogP contribution in [-0.2, 0) is 9.59 Å². The van der Waals surface area contributed by atoms with E-state index in [4.69, 9.17) is 15.2 Å². The molecule has 1 aliphatic rings. The van der Waals surface area contributed by atoms with Gasteiger partial charge in [0.15, 0.2) is 18.1 Å². The first kappa shape index (κ1) is 22.7. The molecule has 2 amide bonds. The maximum atomic E-state index is 13.4. The fourth-order valence-electron chi connectivity index (χ4n) is 3.64. The van der Waals surface area contributed by atoms with E-state index < -0.39 is 5.91 Å². The van der Waals surface area contributed by atoms with E-state index in [2.05, 4.69) is 10.4 Å². The van der Waals surface area contributed by atoms with Gasteiger partial charge in [-0.05, 0) is 55.8 Å². The van der Waals surface area contributed by atoms with Gasteiger partial charge < -0.3 is 20.5 Å². The lowest BCUT2D eigenvalue weighted by atomic mass is 10.0. The van der Waals surface area contributed by atoms with Gasteiger partial charge in [0.25, 0.3) is 5.91 Å². The number of nitrogens with one attached hydrogen (secondary N) is 1. The Balaban J connectivity index is 1.78. The van der Waals surface area contributed by atoms with Gasteiger partial charge in [0.2, 0.25) is 5.91 Å². The molecular weight excluding hydrogens is 447 g/mol. The lowest BCUT2D eigenvalue weighted by Gasteiger charge is -2.18. The number of halogens is 1. The second-order valence-corrected chi connectivity index (χ2v) is 8.46. The first-order chi connectivity index (χ1) is 15.9. The minimum atomic E-state index is -0.584. The second-order valence-electron chi connectivity index (χ2n) is 7.37. The van der Waals surface area contributed by atoms with Crippen LogP contribution in [0.1, 0.15) is 29.0 Å². The number of benzene rings is 2. The number of carbonyl (C=O) groups excluding carboxylic acids is 2. The highest BCUT2D eigenvalue weighted by molar-refractivity contribution is 8.00. The van der Waals surface area contributed by atoms with Crippen LogP contribution >= 0.6 is 11.8 Å². The fourth-order valence-corrected chi connectivity index (χ4v) is 4.82. The SMILES string of the molecule is CCOc1cc([C@H]2SCC(=O)Nc3c2c(C)nn3-c2ccc(F)cc2)ccc1OCC(N)=O. The highest BCUT2D eigenvalue weighted by Gasteiger charge is 2.31. The molecule has 0 saturated heterocycles. The van der Waals surface area contributed by atoms with Crippen LogP contribution in [0.25, 0.3) is 5.69 Å². The molecule has 10 heteroatoms. The lowest BCUT2D eigenvalue weighted by molar-refractivity contribution is -0.120. The number of fused-ring (bicyclic) bond motifs is 1. The van der Waals surface area contributed by atoms with Crippen molar-refractivity contribution in [3.05, 3.63) is 65.1 Å². The van der Waals surface area contributed by atoms with Crippen molar-refractivity contribution in [3.8, 4) is 17.2 Å². The normalized spacial score (nSPS) is 15.4. The molecular formula is C23H23FN4O4S. The molecule has 3 aromatic rings. The largest absolute Gasteiger partial charge is 0.490 e. The van der Waals surface area contributed by atoms with Crippen LogP contribution in [0, 0.1) is 12.7 Å². The zero-order valence-electron chi connectivity index (χ0n) is 18.1. The Kier molecular flexibility index (Phi) is 6.55. The van der Waals surface area contributed by atoms with Gasteiger partial charge in [0.05, 0.1) is 29.0 Å². The Morgan fingerprint density at radius 2 is 2.00 bits per heavy atom. The van der Waals surface area contributed by atoms with Crippen molar-refractivity contribution < 1.29 is 23.5 Å². The molecule has 8 nitrogen and oxygen atoms in total. The highest BCUT2D eigenvalue weighted by Crippen LogP contribution is 2.45. The summed E-state index contributed by atoms with van der Waals surface area (Å²) in [4.78, 5) is 23.6. The third-order valence-electron chi connectivity index (χ3n) is 5.02. The Bertz CT molecular complexity index is 1200. The van der Waals surface area contributed by atoms with Crippen LogP contribution in [0.2, 0.25) is 0 Å². The second kappa shape index (κ2) is 9.53. The molecule has 0 radical (unpaired) electrons. The average molecular weight is 471 g/mol. The summed E-state index contributed by atoms with van der Waals surface area (Å²) in [5.41, 5.74) is 8.30. The van der Waals surface area contributed by atoms with Gasteiger partial charge in [-0.15, -0.1) is 11.8 Å². The number of aromatic nitrogens is 2. The molecule has 0 aliphatic carbocycles. The van der Waals surface area contributed by atoms with Crippen molar-refractivity contribution in [3.63, 3.8) is 0 Å². The lowest BCUT2D eigenvalue weighted by Crippen LogP contribution is -2.20. The van der Waals surface area contributed by atoms with Gasteiger partial charge in [-0.3, -0.25) is 9.59 Å². The number of primary amides is 1. The molecule has 1 aliphatic heterocycles. The number of carbonyl (C=O) groups is 2. The van der Waals surface area contributed by atoms with Gasteiger partial charge in [0.1, 0.15) is 11.6 Å². The van der Waals surface area contributed by atoms with Gasteiger partial charge in [0, 0.05) is 5.56 Å². The number of amides is 2. The van der Waals surface area contributed by atoms with Gasteiger partial charge >= 0.3 is 0 Å². The summed E-state index contributed by atoms with van der Waals surface area (Å²) in [6.07, 6.45) is 0. The number of hydrogen-bond donors (Lipinski definition) is 2. The summed E-state index contributed by atoms with van der Waals surface area (Å²) in [6.45, 7) is 3.87. The summed E-state index contributed by atoms with van der Waals surface area (Å²) in [7, 11) is 0. The van der Waals surface area contributed by atoms with Gasteiger partial charge in [-0.2, -0.15) is 5.10 Å². The average Bonchev–Trinajstić information content (AvgIpc) is 2.98. The molecule has 1 atom stereocenters. The van der Waals surface area contributed by atoms with E-state index in [0.29, 0.717) is 29.6 Å². The quantitative estimate of drug-likeness (QED) is 0.548. The number of anilines is 1. The molecule has 2 aromatic carbocycles. The van der Waals surface area contributed by atoms with E-state index in [9.17, 15) is 14.0 Å². The van der Waals surface area contributed by atoms with E-state index >= 15 is 0 Å². The maximum Gasteiger partial charge on any atom is 0.255 e. The fraction of sp³-hybridized carbons (Fsp3) is 0.261. The summed E-state index contributed by atoms with van der Waals surface area (Å²) < 4.78 is 26.3. The molecule has 1 aromatic heterocycles. The summed E-state index contributed by atoms with van der Waals surface area (Å²) in [5, 5.41) is 7.35. The summed E-state index contributed by atoms with van der Waals surface area (Å²) >= 11 is 1.47. The monoisotopic (exact) mass is 470 g/mol. The molecule has 0 saturated carbocycles. The molecule has 4 rings (SSSR count). The van der Waals surface area contributed by atoms with Gasteiger partial charge in [-0.25, -0.2) is 9.07 Å². The topological polar surface area (TPSA) is 108 Å². The Morgan fingerprint density at radius 3 is 2.70 bits per heavy atom. The predicted octanol–water partition coefficient (Wildman–Crippen LogP) is 3.36. The van der Waals surface area contributed by atoms with Crippen molar-refractivity contribution in [1.29, 1.82) is 0 Å².